The Labute approximate surface area is 165 Å². The first-order chi connectivity index (χ1) is 13.3. The average molecular weight is 397 g/mol. The molecule has 9 heteroatoms. The Morgan fingerprint density at radius 1 is 1.25 bits per heavy atom. The molecule has 2 heterocycles. The number of carboxylic acid groups (broad SMARTS) is 1. The number of hydrogen-bond acceptors (Lipinski definition) is 6. The molecule has 0 aromatic heterocycles. The zero-order valence-corrected chi connectivity index (χ0v) is 16.8. The first-order valence-electron chi connectivity index (χ1n) is 10.0. The van der Waals surface area contributed by atoms with Crippen molar-refractivity contribution < 1.29 is 29.0 Å². The topological polar surface area (TPSA) is 116 Å². The molecule has 2 rings (SSSR count). The van der Waals surface area contributed by atoms with Crippen LogP contribution in [0.5, 0.6) is 0 Å². The minimum Gasteiger partial charge on any atom is -0.480 e. The van der Waals surface area contributed by atoms with Gasteiger partial charge in [0.15, 0.2) is 6.04 Å². The van der Waals surface area contributed by atoms with Gasteiger partial charge in [-0.05, 0) is 44.9 Å². The fraction of sp³-hybridized carbons (Fsp3) is 0.789. The number of hydrogen-bond donors (Lipinski definition) is 2. The first-order valence-corrected chi connectivity index (χ1v) is 10.0. The summed E-state index contributed by atoms with van der Waals surface area (Å²) in [7, 11) is 0. The number of fused-ring (bicyclic) bond motifs is 1. The highest BCUT2D eigenvalue weighted by atomic mass is 16.5. The minimum atomic E-state index is -1.13. The number of ether oxygens (including phenoxy) is 1. The van der Waals surface area contributed by atoms with Gasteiger partial charge in [0.25, 0.3) is 5.91 Å². The second-order valence-corrected chi connectivity index (χ2v) is 7.73. The largest absolute Gasteiger partial charge is 0.480 e. The Balaban J connectivity index is 2.22. The van der Waals surface area contributed by atoms with Gasteiger partial charge in [-0.25, -0.2) is 9.80 Å². The summed E-state index contributed by atoms with van der Waals surface area (Å²) in [5.41, 5.74) is 0. The second-order valence-electron chi connectivity index (χ2n) is 7.73. The van der Waals surface area contributed by atoms with Crippen molar-refractivity contribution in [1.29, 1.82) is 0 Å². The Hall–Kier alpha value is -2.16. The van der Waals surface area contributed by atoms with E-state index >= 15 is 0 Å². The Bertz CT molecular complexity index is 608. The molecule has 0 aliphatic carbocycles. The predicted octanol–water partition coefficient (Wildman–Crippen LogP) is 0.926. The van der Waals surface area contributed by atoms with Crippen LogP contribution in [0.25, 0.3) is 0 Å². The Morgan fingerprint density at radius 2 is 1.96 bits per heavy atom. The van der Waals surface area contributed by atoms with E-state index in [0.717, 1.165) is 11.4 Å². The third kappa shape index (κ3) is 5.21. The predicted molar refractivity (Wildman–Crippen MR) is 99.9 cm³/mol. The van der Waals surface area contributed by atoms with Gasteiger partial charge in [0.2, 0.25) is 5.91 Å². The molecule has 2 fully saturated rings. The maximum atomic E-state index is 13.1. The maximum absolute atomic E-state index is 13.1. The van der Waals surface area contributed by atoms with Gasteiger partial charge in [-0.2, -0.15) is 0 Å². The standard InChI is InChI=1S/C19H31N3O6/c1-4-28-19(27)14(8-7-12(2)3)20-13-9-10-16(23)21-11-5-6-15(18(25)26)22(21)17(13)24/h12-15,20H,4-11H2,1-3H3,(H,25,26). The van der Waals surface area contributed by atoms with Crippen LogP contribution in [0.15, 0.2) is 0 Å². The lowest BCUT2D eigenvalue weighted by atomic mass is 10.0. The average Bonchev–Trinajstić information content (AvgIpc) is 2.76. The SMILES string of the molecule is CCOC(=O)C(CCC(C)C)NC1CCC(=O)N2CCCC(C(=O)O)N2C1=O. The fourth-order valence-electron chi connectivity index (χ4n) is 3.67. The van der Waals surface area contributed by atoms with Gasteiger partial charge in [-0.1, -0.05) is 13.8 Å². The monoisotopic (exact) mass is 397 g/mol. The normalized spacial score (nSPS) is 24.0. The summed E-state index contributed by atoms with van der Waals surface area (Å²) in [6.45, 7) is 6.37. The number of amides is 2. The molecule has 2 N–H and O–H groups in total. The van der Waals surface area contributed by atoms with E-state index < -0.39 is 36.0 Å². The summed E-state index contributed by atoms with van der Waals surface area (Å²) in [6.07, 6.45) is 2.43. The van der Waals surface area contributed by atoms with E-state index in [0.29, 0.717) is 31.7 Å². The van der Waals surface area contributed by atoms with Crippen LogP contribution in [0, 0.1) is 5.92 Å². The maximum Gasteiger partial charge on any atom is 0.328 e. The van der Waals surface area contributed by atoms with Gasteiger partial charge in [0.1, 0.15) is 6.04 Å². The first kappa shape index (κ1) is 22.1. The number of nitrogens with one attached hydrogen (secondary N) is 1. The Morgan fingerprint density at radius 3 is 2.57 bits per heavy atom. The van der Waals surface area contributed by atoms with Gasteiger partial charge < -0.3 is 9.84 Å². The third-order valence-electron chi connectivity index (χ3n) is 5.15. The van der Waals surface area contributed by atoms with Crippen LogP contribution >= 0.6 is 0 Å². The zero-order chi connectivity index (χ0) is 20.8. The summed E-state index contributed by atoms with van der Waals surface area (Å²) < 4.78 is 5.13. The van der Waals surface area contributed by atoms with Crippen molar-refractivity contribution >= 4 is 23.8 Å². The molecule has 0 aromatic carbocycles. The van der Waals surface area contributed by atoms with Crippen molar-refractivity contribution in [1.82, 2.24) is 15.3 Å². The van der Waals surface area contributed by atoms with Crippen LogP contribution in [0.3, 0.4) is 0 Å². The molecule has 9 nitrogen and oxygen atoms in total. The number of hydrazine groups is 1. The lowest BCUT2D eigenvalue weighted by Crippen LogP contribution is -2.62. The van der Waals surface area contributed by atoms with E-state index in [1.807, 2.05) is 13.8 Å². The van der Waals surface area contributed by atoms with Crippen molar-refractivity contribution in [3.8, 4) is 0 Å². The number of carboxylic acids is 1. The van der Waals surface area contributed by atoms with Crippen LogP contribution in [-0.2, 0) is 23.9 Å². The number of rotatable bonds is 8. The quantitative estimate of drug-likeness (QED) is 0.585. The molecule has 0 bridgehead atoms. The summed E-state index contributed by atoms with van der Waals surface area (Å²) in [5, 5.41) is 14.9. The molecule has 0 aromatic rings. The molecule has 2 amide bonds. The van der Waals surface area contributed by atoms with Crippen LogP contribution < -0.4 is 5.32 Å². The van der Waals surface area contributed by atoms with Crippen LogP contribution in [0.2, 0.25) is 0 Å². The van der Waals surface area contributed by atoms with Crippen molar-refractivity contribution in [2.45, 2.75) is 77.4 Å². The molecule has 28 heavy (non-hydrogen) atoms. The highest BCUT2D eigenvalue weighted by molar-refractivity contribution is 5.92. The molecule has 2 aliphatic heterocycles. The van der Waals surface area contributed by atoms with Crippen LogP contribution in [-0.4, -0.2) is 70.2 Å². The molecular formula is C19H31N3O6. The Kier molecular flexibility index (Phi) is 7.79. The minimum absolute atomic E-state index is 0.117. The van der Waals surface area contributed by atoms with E-state index in [4.69, 9.17) is 4.74 Å². The molecule has 2 saturated heterocycles. The number of carbonyl (C=O) groups is 4. The van der Waals surface area contributed by atoms with Crippen molar-refractivity contribution in [3.05, 3.63) is 0 Å². The molecule has 3 unspecified atom stereocenters. The highest BCUT2D eigenvalue weighted by Crippen LogP contribution is 2.25. The van der Waals surface area contributed by atoms with E-state index in [9.17, 15) is 24.3 Å². The van der Waals surface area contributed by atoms with Crippen LogP contribution in [0.1, 0.15) is 59.3 Å². The molecule has 2 aliphatic rings. The third-order valence-corrected chi connectivity index (χ3v) is 5.15. The van der Waals surface area contributed by atoms with Crippen LogP contribution in [0.4, 0.5) is 0 Å². The number of carbonyl (C=O) groups excluding carboxylic acids is 3. The fourth-order valence-corrected chi connectivity index (χ4v) is 3.67. The van der Waals surface area contributed by atoms with Gasteiger partial charge >= 0.3 is 11.9 Å². The van der Waals surface area contributed by atoms with Gasteiger partial charge in [-0.15, -0.1) is 0 Å². The highest BCUT2D eigenvalue weighted by Gasteiger charge is 2.45. The molecule has 0 spiro atoms. The van der Waals surface area contributed by atoms with Crippen molar-refractivity contribution in [3.63, 3.8) is 0 Å². The van der Waals surface area contributed by atoms with Gasteiger partial charge in [-0.3, -0.25) is 24.7 Å². The zero-order valence-electron chi connectivity index (χ0n) is 16.8. The molecule has 158 valence electrons. The summed E-state index contributed by atoms with van der Waals surface area (Å²) in [5.74, 6) is -1.93. The van der Waals surface area contributed by atoms with E-state index in [1.54, 1.807) is 6.92 Å². The van der Waals surface area contributed by atoms with Crippen molar-refractivity contribution in [2.24, 2.45) is 5.92 Å². The number of aliphatic carboxylic acids is 1. The second kappa shape index (κ2) is 9.86. The van der Waals surface area contributed by atoms with E-state index in [-0.39, 0.29) is 25.4 Å². The molecule has 0 saturated carbocycles. The van der Waals surface area contributed by atoms with Gasteiger partial charge in [0, 0.05) is 13.0 Å². The number of nitrogens with zero attached hydrogens (tertiary/aromatic N) is 2. The summed E-state index contributed by atoms with van der Waals surface area (Å²) >= 11 is 0. The summed E-state index contributed by atoms with van der Waals surface area (Å²) in [4.78, 5) is 49.6. The summed E-state index contributed by atoms with van der Waals surface area (Å²) in [6, 6.07) is -2.55. The molecule has 0 radical (unpaired) electrons. The smallest absolute Gasteiger partial charge is 0.328 e. The van der Waals surface area contributed by atoms with E-state index in [1.165, 1.54) is 5.01 Å². The molecular weight excluding hydrogens is 366 g/mol. The lowest BCUT2D eigenvalue weighted by molar-refractivity contribution is -0.181. The number of esters is 1. The lowest BCUT2D eigenvalue weighted by Gasteiger charge is -2.42. The van der Waals surface area contributed by atoms with E-state index in [2.05, 4.69) is 5.32 Å². The van der Waals surface area contributed by atoms with Gasteiger partial charge in [0.05, 0.1) is 12.6 Å². The van der Waals surface area contributed by atoms with Crippen molar-refractivity contribution in [2.75, 3.05) is 13.2 Å². The molecule has 3 atom stereocenters.